The van der Waals surface area contributed by atoms with Crippen molar-refractivity contribution in [3.05, 3.63) is 70.7 Å². The first-order chi connectivity index (χ1) is 11.6. The third-order valence-corrected chi connectivity index (χ3v) is 5.52. The van der Waals surface area contributed by atoms with Crippen molar-refractivity contribution in [1.82, 2.24) is 4.90 Å². The fourth-order valence-electron chi connectivity index (χ4n) is 3.87. The first kappa shape index (κ1) is 15.7. The van der Waals surface area contributed by atoms with Gasteiger partial charge in [-0.25, -0.2) is 0 Å². The molecule has 24 heavy (non-hydrogen) atoms. The Morgan fingerprint density at radius 1 is 1.00 bits per heavy atom. The Kier molecular flexibility index (Phi) is 4.07. The second-order valence-electron chi connectivity index (χ2n) is 6.93. The van der Waals surface area contributed by atoms with Crippen molar-refractivity contribution in [2.75, 3.05) is 13.1 Å². The highest BCUT2D eigenvalue weighted by atomic mass is 35.5. The zero-order valence-corrected chi connectivity index (χ0v) is 14.2. The lowest BCUT2D eigenvalue weighted by Gasteiger charge is -2.16. The van der Waals surface area contributed by atoms with Gasteiger partial charge in [-0.05, 0) is 35.6 Å². The van der Waals surface area contributed by atoms with Gasteiger partial charge >= 0.3 is 0 Å². The molecule has 1 aliphatic heterocycles. The summed E-state index contributed by atoms with van der Waals surface area (Å²) in [5.41, 5.74) is 8.71. The van der Waals surface area contributed by atoms with Gasteiger partial charge in [0, 0.05) is 36.0 Å². The number of hydrogen-bond acceptors (Lipinski definition) is 2. The number of rotatable bonds is 3. The van der Waals surface area contributed by atoms with Crippen LogP contribution in [0.1, 0.15) is 29.4 Å². The van der Waals surface area contributed by atoms with Crippen LogP contribution in [0, 0.1) is 5.92 Å². The van der Waals surface area contributed by atoms with Crippen LogP contribution >= 0.6 is 11.6 Å². The second kappa shape index (κ2) is 6.23. The molecule has 3 nitrogen and oxygen atoms in total. The minimum absolute atomic E-state index is 0.0136. The smallest absolute Gasteiger partial charge is 0.226 e. The van der Waals surface area contributed by atoms with Gasteiger partial charge in [-0.15, -0.1) is 0 Å². The molecule has 1 amide bonds. The summed E-state index contributed by atoms with van der Waals surface area (Å²) in [6, 6.07) is 18.1. The van der Waals surface area contributed by atoms with E-state index in [0.29, 0.717) is 12.5 Å². The molecule has 2 aromatic rings. The minimum Gasteiger partial charge on any atom is -0.340 e. The van der Waals surface area contributed by atoms with Crippen molar-refractivity contribution in [1.29, 1.82) is 0 Å². The van der Waals surface area contributed by atoms with E-state index in [1.807, 2.05) is 41.3 Å². The molecule has 0 aromatic heterocycles. The molecule has 1 saturated heterocycles. The van der Waals surface area contributed by atoms with Gasteiger partial charge in [-0.2, -0.15) is 0 Å². The quantitative estimate of drug-likeness (QED) is 0.930. The molecule has 124 valence electrons. The Labute approximate surface area is 147 Å². The molecule has 2 unspecified atom stereocenters. The van der Waals surface area contributed by atoms with Crippen LogP contribution in [-0.4, -0.2) is 29.9 Å². The standard InChI is InChI=1S/C20H21ClN2O/c21-15-8-4-7-14(9-15)16-10-17(16)20(24)23-11-18(19(22)12-23)13-5-2-1-3-6-13/h1-9,16-19H,10-12,22H2/t16?,17?,18-,19+/m0/s1. The van der Waals surface area contributed by atoms with Crippen molar-refractivity contribution >= 4 is 17.5 Å². The Morgan fingerprint density at radius 2 is 1.75 bits per heavy atom. The van der Waals surface area contributed by atoms with E-state index in [-0.39, 0.29) is 23.8 Å². The van der Waals surface area contributed by atoms with E-state index in [2.05, 4.69) is 18.2 Å². The number of benzene rings is 2. The van der Waals surface area contributed by atoms with Gasteiger partial charge in [0.25, 0.3) is 0 Å². The zero-order chi connectivity index (χ0) is 16.7. The minimum atomic E-state index is 0.0136. The Morgan fingerprint density at radius 3 is 2.50 bits per heavy atom. The molecular formula is C20H21ClN2O. The number of nitrogens with two attached hydrogens (primary N) is 1. The van der Waals surface area contributed by atoms with Gasteiger partial charge in [0.15, 0.2) is 0 Å². The van der Waals surface area contributed by atoms with Crippen LogP contribution in [0.5, 0.6) is 0 Å². The number of hydrogen-bond donors (Lipinski definition) is 1. The molecule has 2 aromatic carbocycles. The Balaban J connectivity index is 1.43. The maximum absolute atomic E-state index is 12.8. The van der Waals surface area contributed by atoms with Crippen LogP contribution in [0.25, 0.3) is 0 Å². The van der Waals surface area contributed by atoms with Gasteiger partial charge in [-0.1, -0.05) is 54.1 Å². The van der Waals surface area contributed by atoms with Gasteiger partial charge in [0.2, 0.25) is 5.91 Å². The summed E-state index contributed by atoms with van der Waals surface area (Å²) in [5, 5.41) is 0.734. The first-order valence-electron chi connectivity index (χ1n) is 8.48. The van der Waals surface area contributed by atoms with E-state index in [4.69, 9.17) is 17.3 Å². The number of likely N-dealkylation sites (tertiary alicyclic amines) is 1. The molecule has 0 spiro atoms. The maximum atomic E-state index is 12.8. The van der Waals surface area contributed by atoms with Gasteiger partial charge < -0.3 is 10.6 Å². The van der Waals surface area contributed by atoms with Crippen LogP contribution in [0.4, 0.5) is 0 Å². The summed E-state index contributed by atoms with van der Waals surface area (Å²) >= 11 is 6.07. The molecule has 1 saturated carbocycles. The van der Waals surface area contributed by atoms with Gasteiger partial charge in [0.05, 0.1) is 0 Å². The highest BCUT2D eigenvalue weighted by Crippen LogP contribution is 2.49. The molecule has 2 fully saturated rings. The van der Waals surface area contributed by atoms with E-state index in [0.717, 1.165) is 18.0 Å². The summed E-state index contributed by atoms with van der Waals surface area (Å²) in [7, 11) is 0. The number of amides is 1. The number of carbonyl (C=O) groups is 1. The summed E-state index contributed by atoms with van der Waals surface area (Å²) in [4.78, 5) is 14.8. The molecular weight excluding hydrogens is 320 g/mol. The van der Waals surface area contributed by atoms with Crippen molar-refractivity contribution in [3.8, 4) is 0 Å². The van der Waals surface area contributed by atoms with Crippen molar-refractivity contribution in [2.45, 2.75) is 24.3 Å². The summed E-state index contributed by atoms with van der Waals surface area (Å²) in [5.74, 6) is 0.876. The predicted octanol–water partition coefficient (Wildman–Crippen LogP) is 3.40. The maximum Gasteiger partial charge on any atom is 0.226 e. The topological polar surface area (TPSA) is 46.3 Å². The number of halogens is 1. The zero-order valence-electron chi connectivity index (χ0n) is 13.4. The largest absolute Gasteiger partial charge is 0.340 e. The first-order valence-corrected chi connectivity index (χ1v) is 8.86. The Bertz CT molecular complexity index is 748. The van der Waals surface area contributed by atoms with E-state index >= 15 is 0 Å². The van der Waals surface area contributed by atoms with E-state index in [1.165, 1.54) is 11.1 Å². The second-order valence-corrected chi connectivity index (χ2v) is 7.36. The van der Waals surface area contributed by atoms with Crippen LogP contribution in [0.2, 0.25) is 5.02 Å². The van der Waals surface area contributed by atoms with Crippen LogP contribution in [0.3, 0.4) is 0 Å². The molecule has 0 bridgehead atoms. The third kappa shape index (κ3) is 2.94. The van der Waals surface area contributed by atoms with Crippen molar-refractivity contribution in [3.63, 3.8) is 0 Å². The number of nitrogens with zero attached hydrogens (tertiary/aromatic N) is 1. The highest BCUT2D eigenvalue weighted by molar-refractivity contribution is 6.30. The summed E-state index contributed by atoms with van der Waals surface area (Å²) in [6.45, 7) is 1.37. The fraction of sp³-hybridized carbons (Fsp3) is 0.350. The molecule has 1 aliphatic carbocycles. The van der Waals surface area contributed by atoms with E-state index in [1.54, 1.807) is 0 Å². The lowest BCUT2D eigenvalue weighted by molar-refractivity contribution is -0.131. The summed E-state index contributed by atoms with van der Waals surface area (Å²) in [6.07, 6.45) is 0.918. The fourth-order valence-corrected chi connectivity index (χ4v) is 4.07. The summed E-state index contributed by atoms with van der Waals surface area (Å²) < 4.78 is 0. The molecule has 1 heterocycles. The van der Waals surface area contributed by atoms with Crippen LogP contribution in [-0.2, 0) is 4.79 Å². The predicted molar refractivity (Wildman–Crippen MR) is 96.0 cm³/mol. The Hall–Kier alpha value is -1.84. The monoisotopic (exact) mass is 340 g/mol. The normalized spacial score (nSPS) is 28.8. The van der Waals surface area contributed by atoms with Gasteiger partial charge in [0.1, 0.15) is 0 Å². The average Bonchev–Trinajstić information content (AvgIpc) is 3.30. The molecule has 4 rings (SSSR count). The van der Waals surface area contributed by atoms with E-state index < -0.39 is 0 Å². The van der Waals surface area contributed by atoms with Crippen LogP contribution in [0.15, 0.2) is 54.6 Å². The molecule has 4 atom stereocenters. The van der Waals surface area contributed by atoms with E-state index in [9.17, 15) is 4.79 Å². The lowest BCUT2D eigenvalue weighted by Crippen LogP contribution is -2.33. The van der Waals surface area contributed by atoms with Gasteiger partial charge in [-0.3, -0.25) is 4.79 Å². The average molecular weight is 341 g/mol. The molecule has 2 aliphatic rings. The lowest BCUT2D eigenvalue weighted by atomic mass is 9.95. The molecule has 4 heteroatoms. The third-order valence-electron chi connectivity index (χ3n) is 5.29. The number of carbonyl (C=O) groups excluding carboxylic acids is 1. The SMILES string of the molecule is N[C@@H]1CN(C(=O)C2CC2c2cccc(Cl)c2)C[C@H]1c1ccccc1. The highest BCUT2D eigenvalue weighted by Gasteiger charge is 2.47. The van der Waals surface area contributed by atoms with Crippen LogP contribution < -0.4 is 5.73 Å². The van der Waals surface area contributed by atoms with Crippen molar-refractivity contribution < 1.29 is 4.79 Å². The molecule has 0 radical (unpaired) electrons. The van der Waals surface area contributed by atoms with Crippen molar-refractivity contribution in [2.24, 2.45) is 11.7 Å². The molecule has 2 N–H and O–H groups in total.